The Labute approximate surface area is 105 Å². The fourth-order valence-electron chi connectivity index (χ4n) is 1.57. The molecule has 0 radical (unpaired) electrons. The van der Waals surface area contributed by atoms with Crippen LogP contribution in [0.2, 0.25) is 0 Å². The molecule has 92 valence electrons. The molecule has 1 heterocycles. The maximum Gasteiger partial charge on any atom is 0.354 e. The molecular weight excluding hydrogens is 230 g/mol. The highest BCUT2D eigenvalue weighted by molar-refractivity contribution is 5.85. The van der Waals surface area contributed by atoms with Gasteiger partial charge in [0.15, 0.2) is 5.69 Å². The molecule has 5 heteroatoms. The zero-order valence-electron chi connectivity index (χ0n) is 9.87. The van der Waals surface area contributed by atoms with Gasteiger partial charge in [0.1, 0.15) is 0 Å². The Kier molecular flexibility index (Phi) is 3.52. The van der Waals surface area contributed by atoms with Crippen molar-refractivity contribution >= 4 is 11.9 Å². The van der Waals surface area contributed by atoms with Gasteiger partial charge in [-0.15, -0.1) is 0 Å². The Hall–Kier alpha value is -2.43. The Morgan fingerprint density at radius 2 is 2.00 bits per heavy atom. The van der Waals surface area contributed by atoms with Gasteiger partial charge in [-0.2, -0.15) is 0 Å². The fraction of sp³-hybridized carbons (Fsp3) is 0.154. The van der Waals surface area contributed by atoms with Crippen molar-refractivity contribution in [3.05, 3.63) is 53.9 Å². The molecule has 2 aromatic rings. The maximum absolute atomic E-state index is 10.8. The zero-order chi connectivity index (χ0) is 13.0. The number of nitrogens with one attached hydrogen (secondary N) is 1. The minimum Gasteiger partial charge on any atom is -0.477 e. The minimum atomic E-state index is -1.06. The Morgan fingerprint density at radius 3 is 2.67 bits per heavy atom. The van der Waals surface area contributed by atoms with Gasteiger partial charge in [-0.3, -0.25) is 0 Å². The van der Waals surface area contributed by atoms with Gasteiger partial charge in [-0.25, -0.2) is 14.8 Å². The number of aromatic nitrogens is 2. The number of aromatic carboxylic acids is 1. The number of benzene rings is 1. The number of anilines is 1. The molecule has 5 nitrogen and oxygen atoms in total. The van der Waals surface area contributed by atoms with Crippen molar-refractivity contribution in [2.75, 3.05) is 5.32 Å². The molecule has 0 aliphatic carbocycles. The smallest absolute Gasteiger partial charge is 0.354 e. The summed E-state index contributed by atoms with van der Waals surface area (Å²) in [5, 5.41) is 11.9. The molecule has 0 amide bonds. The van der Waals surface area contributed by atoms with Gasteiger partial charge in [-0.05, 0) is 18.6 Å². The van der Waals surface area contributed by atoms with Crippen LogP contribution in [-0.4, -0.2) is 21.0 Å². The van der Waals surface area contributed by atoms with E-state index < -0.39 is 5.97 Å². The molecular formula is C13H13N3O2. The van der Waals surface area contributed by atoms with Gasteiger partial charge < -0.3 is 10.4 Å². The summed E-state index contributed by atoms with van der Waals surface area (Å²) >= 11 is 0. The molecule has 1 unspecified atom stereocenters. The molecule has 0 saturated carbocycles. The fourth-order valence-corrected chi connectivity index (χ4v) is 1.57. The molecule has 1 atom stereocenters. The maximum atomic E-state index is 10.8. The SMILES string of the molecule is CC(Nc1nccc(C(=O)O)n1)c1ccccc1. The van der Waals surface area contributed by atoms with E-state index in [2.05, 4.69) is 15.3 Å². The van der Waals surface area contributed by atoms with Crippen LogP contribution in [-0.2, 0) is 0 Å². The number of carbonyl (C=O) groups is 1. The van der Waals surface area contributed by atoms with E-state index in [1.165, 1.54) is 12.3 Å². The van der Waals surface area contributed by atoms with Crippen LogP contribution in [0, 0.1) is 0 Å². The first-order chi connectivity index (χ1) is 8.66. The highest BCUT2D eigenvalue weighted by Gasteiger charge is 2.09. The molecule has 1 aromatic heterocycles. The van der Waals surface area contributed by atoms with Gasteiger partial charge in [0.05, 0.1) is 6.04 Å². The number of carboxylic acid groups (broad SMARTS) is 1. The van der Waals surface area contributed by atoms with E-state index in [4.69, 9.17) is 5.11 Å². The lowest BCUT2D eigenvalue weighted by molar-refractivity contribution is 0.0690. The van der Waals surface area contributed by atoms with Crippen LogP contribution < -0.4 is 5.32 Å². The van der Waals surface area contributed by atoms with E-state index in [-0.39, 0.29) is 11.7 Å². The van der Waals surface area contributed by atoms with Gasteiger partial charge in [-0.1, -0.05) is 30.3 Å². The number of rotatable bonds is 4. The molecule has 1 aromatic carbocycles. The van der Waals surface area contributed by atoms with Crippen LogP contribution in [0.15, 0.2) is 42.6 Å². The summed E-state index contributed by atoms with van der Waals surface area (Å²) in [6, 6.07) is 11.2. The number of nitrogens with zero attached hydrogens (tertiary/aromatic N) is 2. The first-order valence-corrected chi connectivity index (χ1v) is 5.54. The van der Waals surface area contributed by atoms with Crippen molar-refractivity contribution in [3.63, 3.8) is 0 Å². The third kappa shape index (κ3) is 2.82. The van der Waals surface area contributed by atoms with Crippen LogP contribution in [0.1, 0.15) is 29.0 Å². The second-order valence-corrected chi connectivity index (χ2v) is 3.85. The van der Waals surface area contributed by atoms with Gasteiger partial charge >= 0.3 is 5.97 Å². The lowest BCUT2D eigenvalue weighted by atomic mass is 10.1. The van der Waals surface area contributed by atoms with Crippen molar-refractivity contribution in [2.45, 2.75) is 13.0 Å². The third-order valence-corrected chi connectivity index (χ3v) is 2.52. The normalized spacial score (nSPS) is 11.8. The number of hydrogen-bond acceptors (Lipinski definition) is 4. The van der Waals surface area contributed by atoms with Crippen molar-refractivity contribution in [2.24, 2.45) is 0 Å². The summed E-state index contributed by atoms with van der Waals surface area (Å²) in [7, 11) is 0. The quantitative estimate of drug-likeness (QED) is 0.862. The summed E-state index contributed by atoms with van der Waals surface area (Å²) in [5.74, 6) is -0.751. The molecule has 0 spiro atoms. The largest absolute Gasteiger partial charge is 0.477 e. The van der Waals surface area contributed by atoms with Gasteiger partial charge in [0.2, 0.25) is 5.95 Å². The van der Waals surface area contributed by atoms with E-state index in [1.807, 2.05) is 37.3 Å². The van der Waals surface area contributed by atoms with Gasteiger partial charge in [0.25, 0.3) is 0 Å². The van der Waals surface area contributed by atoms with Gasteiger partial charge in [0, 0.05) is 6.20 Å². The molecule has 0 fully saturated rings. The second-order valence-electron chi connectivity index (χ2n) is 3.85. The average Bonchev–Trinajstić information content (AvgIpc) is 2.40. The Morgan fingerprint density at radius 1 is 1.28 bits per heavy atom. The van der Waals surface area contributed by atoms with E-state index in [0.717, 1.165) is 5.56 Å². The zero-order valence-corrected chi connectivity index (χ0v) is 9.87. The van der Waals surface area contributed by atoms with E-state index >= 15 is 0 Å². The summed E-state index contributed by atoms with van der Waals surface area (Å²) in [6.45, 7) is 1.96. The summed E-state index contributed by atoms with van der Waals surface area (Å²) in [4.78, 5) is 18.7. The topological polar surface area (TPSA) is 75.1 Å². The molecule has 18 heavy (non-hydrogen) atoms. The van der Waals surface area contributed by atoms with Crippen LogP contribution >= 0.6 is 0 Å². The van der Waals surface area contributed by atoms with Crippen molar-refractivity contribution in [1.29, 1.82) is 0 Å². The second kappa shape index (κ2) is 5.27. The molecule has 2 N–H and O–H groups in total. The number of carboxylic acids is 1. The summed E-state index contributed by atoms with van der Waals surface area (Å²) < 4.78 is 0. The predicted octanol–water partition coefficient (Wildman–Crippen LogP) is 2.35. The molecule has 0 saturated heterocycles. The van der Waals surface area contributed by atoms with E-state index in [0.29, 0.717) is 5.95 Å². The van der Waals surface area contributed by atoms with Crippen molar-refractivity contribution in [1.82, 2.24) is 9.97 Å². The lowest BCUT2D eigenvalue weighted by Gasteiger charge is -2.13. The van der Waals surface area contributed by atoms with Crippen LogP contribution in [0.4, 0.5) is 5.95 Å². The standard InChI is InChI=1S/C13H13N3O2/c1-9(10-5-3-2-4-6-10)15-13-14-8-7-11(16-13)12(17)18/h2-9H,1H3,(H,17,18)(H,14,15,16). The monoisotopic (exact) mass is 243 g/mol. The first kappa shape index (κ1) is 12.0. The Bertz CT molecular complexity index is 543. The molecule has 0 bridgehead atoms. The number of hydrogen-bond donors (Lipinski definition) is 2. The summed E-state index contributed by atoms with van der Waals surface area (Å²) in [5.41, 5.74) is 1.06. The van der Waals surface area contributed by atoms with Crippen LogP contribution in [0.25, 0.3) is 0 Å². The lowest BCUT2D eigenvalue weighted by Crippen LogP contribution is -2.11. The molecule has 0 aliphatic rings. The van der Waals surface area contributed by atoms with E-state index in [9.17, 15) is 4.79 Å². The summed E-state index contributed by atoms with van der Waals surface area (Å²) in [6.07, 6.45) is 1.43. The molecule has 2 rings (SSSR count). The van der Waals surface area contributed by atoms with Crippen LogP contribution in [0.5, 0.6) is 0 Å². The Balaban J connectivity index is 2.14. The third-order valence-electron chi connectivity index (χ3n) is 2.52. The van der Waals surface area contributed by atoms with E-state index in [1.54, 1.807) is 0 Å². The van der Waals surface area contributed by atoms with Crippen LogP contribution in [0.3, 0.4) is 0 Å². The average molecular weight is 243 g/mol. The first-order valence-electron chi connectivity index (χ1n) is 5.54. The minimum absolute atomic E-state index is 0.00949. The van der Waals surface area contributed by atoms with Crippen molar-refractivity contribution < 1.29 is 9.90 Å². The highest BCUT2D eigenvalue weighted by atomic mass is 16.4. The predicted molar refractivity (Wildman–Crippen MR) is 67.5 cm³/mol. The van der Waals surface area contributed by atoms with Crippen molar-refractivity contribution in [3.8, 4) is 0 Å². The molecule has 0 aliphatic heterocycles. The highest BCUT2D eigenvalue weighted by Crippen LogP contribution is 2.15.